The first-order chi connectivity index (χ1) is 11.6. The molecule has 3 rings (SSSR count). The van der Waals surface area contributed by atoms with E-state index in [-0.39, 0.29) is 30.2 Å². The van der Waals surface area contributed by atoms with Crippen molar-refractivity contribution in [1.82, 2.24) is 10.2 Å². The molecule has 0 radical (unpaired) electrons. The maximum Gasteiger partial charge on any atom is 0.290 e. The van der Waals surface area contributed by atoms with Gasteiger partial charge in [-0.05, 0) is 30.2 Å². The summed E-state index contributed by atoms with van der Waals surface area (Å²) in [4.78, 5) is 26.9. The first-order valence-corrected chi connectivity index (χ1v) is 7.92. The van der Waals surface area contributed by atoms with Gasteiger partial charge in [0.05, 0.1) is 12.9 Å². The highest BCUT2D eigenvalue weighted by Gasteiger charge is 2.36. The van der Waals surface area contributed by atoms with Gasteiger partial charge in [-0.3, -0.25) is 9.59 Å². The third kappa shape index (κ3) is 3.19. The average Bonchev–Trinajstić information content (AvgIpc) is 3.14. The van der Waals surface area contributed by atoms with Crippen LogP contribution in [0.2, 0.25) is 0 Å². The van der Waals surface area contributed by atoms with Crippen molar-refractivity contribution in [2.24, 2.45) is 0 Å². The lowest BCUT2D eigenvalue weighted by Crippen LogP contribution is -2.54. The van der Waals surface area contributed by atoms with Crippen molar-refractivity contribution in [2.45, 2.75) is 32.0 Å². The molecule has 1 aromatic heterocycles. The van der Waals surface area contributed by atoms with Gasteiger partial charge >= 0.3 is 0 Å². The topological polar surface area (TPSA) is 82.8 Å². The Bertz CT molecular complexity index is 726. The third-order valence-corrected chi connectivity index (χ3v) is 4.21. The molecule has 2 aromatic rings. The zero-order chi connectivity index (χ0) is 17.1. The summed E-state index contributed by atoms with van der Waals surface area (Å²) in [5.41, 5.74) is 2.08. The van der Waals surface area contributed by atoms with Gasteiger partial charge in [0.2, 0.25) is 5.91 Å². The van der Waals surface area contributed by atoms with Crippen molar-refractivity contribution >= 4 is 11.8 Å². The molecule has 2 unspecified atom stereocenters. The van der Waals surface area contributed by atoms with Crippen LogP contribution in [-0.2, 0) is 17.8 Å². The number of aliphatic hydroxyl groups excluding tert-OH is 1. The molecule has 0 aliphatic carbocycles. The summed E-state index contributed by atoms with van der Waals surface area (Å²) in [5, 5.41) is 11.9. The fourth-order valence-electron chi connectivity index (χ4n) is 2.90. The van der Waals surface area contributed by atoms with Crippen LogP contribution >= 0.6 is 0 Å². The fourth-order valence-corrected chi connectivity index (χ4v) is 2.90. The van der Waals surface area contributed by atoms with E-state index in [1.165, 1.54) is 11.2 Å². The summed E-state index contributed by atoms with van der Waals surface area (Å²) >= 11 is 0. The second-order valence-corrected chi connectivity index (χ2v) is 5.99. The molecule has 0 fully saturated rings. The zero-order valence-corrected chi connectivity index (χ0v) is 13.4. The molecule has 0 saturated carbocycles. The van der Waals surface area contributed by atoms with Crippen LogP contribution in [-0.4, -0.2) is 40.5 Å². The number of benzene rings is 1. The molecule has 0 bridgehead atoms. The molecule has 0 saturated heterocycles. The summed E-state index contributed by atoms with van der Waals surface area (Å²) < 4.78 is 5.20. The van der Waals surface area contributed by atoms with Crippen LogP contribution in [0.25, 0.3) is 0 Å². The standard InChI is InChI=1S/C18H20N2O4/c1-12(11-21)19-17(22)15-9-13-5-2-3-6-14(13)10-20(15)18(23)16-7-4-8-24-16/h2-8,12,15,21H,9-11H2,1H3,(H,19,22). The van der Waals surface area contributed by atoms with Crippen molar-refractivity contribution in [2.75, 3.05) is 6.61 Å². The van der Waals surface area contributed by atoms with Crippen LogP contribution in [0.3, 0.4) is 0 Å². The monoisotopic (exact) mass is 328 g/mol. The largest absolute Gasteiger partial charge is 0.459 e. The number of hydrogen-bond donors (Lipinski definition) is 2. The first kappa shape index (κ1) is 16.3. The van der Waals surface area contributed by atoms with Crippen LogP contribution < -0.4 is 5.32 Å². The zero-order valence-electron chi connectivity index (χ0n) is 13.4. The molecular formula is C18H20N2O4. The molecule has 6 heteroatoms. The molecule has 1 aliphatic heterocycles. The molecule has 126 valence electrons. The van der Waals surface area contributed by atoms with E-state index in [9.17, 15) is 9.59 Å². The quantitative estimate of drug-likeness (QED) is 0.887. The first-order valence-electron chi connectivity index (χ1n) is 7.92. The predicted molar refractivity (Wildman–Crippen MR) is 87.2 cm³/mol. The molecule has 2 N–H and O–H groups in total. The van der Waals surface area contributed by atoms with E-state index in [0.29, 0.717) is 13.0 Å². The van der Waals surface area contributed by atoms with Crippen molar-refractivity contribution < 1.29 is 19.1 Å². The van der Waals surface area contributed by atoms with Gasteiger partial charge in [-0.2, -0.15) is 0 Å². The highest BCUT2D eigenvalue weighted by molar-refractivity contribution is 5.96. The number of carbonyl (C=O) groups is 2. The van der Waals surface area contributed by atoms with E-state index in [4.69, 9.17) is 9.52 Å². The number of hydrogen-bond acceptors (Lipinski definition) is 4. The second kappa shape index (κ2) is 6.88. The van der Waals surface area contributed by atoms with Crippen LogP contribution in [0, 0.1) is 0 Å². The van der Waals surface area contributed by atoms with Crippen LogP contribution in [0.4, 0.5) is 0 Å². The Morgan fingerprint density at radius 2 is 2.04 bits per heavy atom. The van der Waals surface area contributed by atoms with E-state index in [1.807, 2.05) is 24.3 Å². The number of nitrogens with one attached hydrogen (secondary N) is 1. The van der Waals surface area contributed by atoms with Crippen LogP contribution in [0.1, 0.15) is 28.6 Å². The fraction of sp³-hybridized carbons (Fsp3) is 0.333. The van der Waals surface area contributed by atoms with Crippen molar-refractivity contribution in [3.05, 3.63) is 59.5 Å². The SMILES string of the molecule is CC(CO)NC(=O)C1Cc2ccccc2CN1C(=O)c1ccco1. The van der Waals surface area contributed by atoms with Gasteiger partial charge in [0.1, 0.15) is 6.04 Å². The Morgan fingerprint density at radius 3 is 2.71 bits per heavy atom. The highest BCUT2D eigenvalue weighted by atomic mass is 16.3. The van der Waals surface area contributed by atoms with Crippen molar-refractivity contribution in [3.63, 3.8) is 0 Å². The van der Waals surface area contributed by atoms with E-state index in [0.717, 1.165) is 11.1 Å². The van der Waals surface area contributed by atoms with Crippen LogP contribution in [0.15, 0.2) is 47.1 Å². The molecule has 2 atom stereocenters. The second-order valence-electron chi connectivity index (χ2n) is 5.99. The summed E-state index contributed by atoms with van der Waals surface area (Å²) in [5.74, 6) is -0.375. The third-order valence-electron chi connectivity index (χ3n) is 4.21. The minimum atomic E-state index is -0.633. The summed E-state index contributed by atoms with van der Waals surface area (Å²) in [6.07, 6.45) is 1.88. The number of aliphatic hydroxyl groups is 1. The Balaban J connectivity index is 1.90. The number of fused-ring (bicyclic) bond motifs is 1. The number of amides is 2. The van der Waals surface area contributed by atoms with E-state index < -0.39 is 6.04 Å². The smallest absolute Gasteiger partial charge is 0.290 e. The molecular weight excluding hydrogens is 308 g/mol. The van der Waals surface area contributed by atoms with Crippen molar-refractivity contribution in [3.8, 4) is 0 Å². The molecule has 0 spiro atoms. The normalized spacial score (nSPS) is 17.9. The lowest BCUT2D eigenvalue weighted by atomic mass is 9.93. The summed E-state index contributed by atoms with van der Waals surface area (Å²) in [6.45, 7) is 1.91. The summed E-state index contributed by atoms with van der Waals surface area (Å²) in [7, 11) is 0. The van der Waals surface area contributed by atoms with Gasteiger partial charge in [0.25, 0.3) is 5.91 Å². The minimum Gasteiger partial charge on any atom is -0.459 e. The highest BCUT2D eigenvalue weighted by Crippen LogP contribution is 2.25. The molecule has 1 aromatic carbocycles. The van der Waals surface area contributed by atoms with Gasteiger partial charge < -0.3 is 19.7 Å². The van der Waals surface area contributed by atoms with Crippen LogP contribution in [0.5, 0.6) is 0 Å². The maximum absolute atomic E-state index is 12.7. The number of nitrogens with zero attached hydrogens (tertiary/aromatic N) is 1. The van der Waals surface area contributed by atoms with Gasteiger partial charge in [0, 0.05) is 19.0 Å². The molecule has 24 heavy (non-hydrogen) atoms. The molecule has 2 heterocycles. The number of rotatable bonds is 4. The van der Waals surface area contributed by atoms with E-state index in [2.05, 4.69) is 5.32 Å². The number of furan rings is 1. The predicted octanol–water partition coefficient (Wildman–Crippen LogP) is 1.34. The molecule has 6 nitrogen and oxygen atoms in total. The maximum atomic E-state index is 12.7. The van der Waals surface area contributed by atoms with Gasteiger partial charge in [-0.25, -0.2) is 0 Å². The van der Waals surface area contributed by atoms with Gasteiger partial charge in [-0.15, -0.1) is 0 Å². The Morgan fingerprint density at radius 1 is 1.29 bits per heavy atom. The van der Waals surface area contributed by atoms with Gasteiger partial charge in [-0.1, -0.05) is 24.3 Å². The Kier molecular flexibility index (Phi) is 4.66. The lowest BCUT2D eigenvalue weighted by molar-refractivity contribution is -0.127. The van der Waals surface area contributed by atoms with Crippen molar-refractivity contribution in [1.29, 1.82) is 0 Å². The van der Waals surface area contributed by atoms with E-state index in [1.54, 1.807) is 19.1 Å². The Labute approximate surface area is 140 Å². The lowest BCUT2D eigenvalue weighted by Gasteiger charge is -2.36. The molecule has 2 amide bonds. The molecule has 1 aliphatic rings. The number of carbonyl (C=O) groups excluding carboxylic acids is 2. The van der Waals surface area contributed by atoms with Gasteiger partial charge in [0.15, 0.2) is 5.76 Å². The Hall–Kier alpha value is -2.60. The summed E-state index contributed by atoms with van der Waals surface area (Å²) in [6, 6.07) is 10.0. The van der Waals surface area contributed by atoms with E-state index >= 15 is 0 Å². The average molecular weight is 328 g/mol. The minimum absolute atomic E-state index is 0.152.